The number of aliphatic hydroxyl groups is 2. The number of carbonyl (C=O) groups is 1. The minimum atomic E-state index is -3.35. The lowest BCUT2D eigenvalue weighted by Crippen LogP contribution is -2.50. The predicted octanol–water partition coefficient (Wildman–Crippen LogP) is 1.95. The molecule has 0 aliphatic carbocycles. The van der Waals surface area contributed by atoms with Crippen LogP contribution in [-0.4, -0.2) is 55.1 Å². The van der Waals surface area contributed by atoms with Crippen LogP contribution < -0.4 is 10.6 Å². The zero-order valence-electron chi connectivity index (χ0n) is 19.8. The Morgan fingerprint density at radius 2 is 1.80 bits per heavy atom. The molecule has 0 saturated heterocycles. The SMILES string of the molecule is CCc1ccc2c(c1)C(NCC(O)C(Cc1cc(F)cc(F)c1)NC(=O)CC(C)O)CS(=O)(=O)C2. The molecule has 2 aromatic rings. The molecule has 3 rings (SSSR count). The van der Waals surface area contributed by atoms with Gasteiger partial charge in [0, 0.05) is 18.7 Å². The van der Waals surface area contributed by atoms with E-state index in [4.69, 9.17) is 0 Å². The van der Waals surface area contributed by atoms with E-state index in [0.29, 0.717) is 5.56 Å². The summed E-state index contributed by atoms with van der Waals surface area (Å²) in [5.41, 5.74) is 2.86. The molecule has 4 unspecified atom stereocenters. The van der Waals surface area contributed by atoms with Gasteiger partial charge < -0.3 is 20.8 Å². The minimum absolute atomic E-state index is 0.0454. The molecule has 4 atom stereocenters. The first kappa shape index (κ1) is 27.2. The van der Waals surface area contributed by atoms with E-state index in [9.17, 15) is 32.2 Å². The number of sulfone groups is 1. The standard InChI is InChI=1S/C25H32F2N2O5S/c1-3-16-4-5-18-13-35(33,34)14-23(21(18)9-16)28-12-24(31)22(29-25(32)6-15(2)30)10-17-7-19(26)11-20(27)8-17/h4-5,7-9,11,15,22-24,28,30-31H,3,6,10,12-14H2,1-2H3,(H,29,32). The average molecular weight is 511 g/mol. The van der Waals surface area contributed by atoms with Crippen molar-refractivity contribution in [2.45, 2.75) is 63.2 Å². The van der Waals surface area contributed by atoms with Crippen molar-refractivity contribution < 1.29 is 32.2 Å². The maximum Gasteiger partial charge on any atom is 0.222 e. The van der Waals surface area contributed by atoms with E-state index in [2.05, 4.69) is 10.6 Å². The summed E-state index contributed by atoms with van der Waals surface area (Å²) in [6.45, 7) is 3.37. The topological polar surface area (TPSA) is 116 Å². The summed E-state index contributed by atoms with van der Waals surface area (Å²) in [6.07, 6.45) is -1.60. The third-order valence-electron chi connectivity index (χ3n) is 6.03. The monoisotopic (exact) mass is 510 g/mol. The number of hydrogen-bond donors (Lipinski definition) is 4. The molecule has 2 aromatic carbocycles. The van der Waals surface area contributed by atoms with Crippen LogP contribution in [-0.2, 0) is 33.2 Å². The fourth-order valence-corrected chi connectivity index (χ4v) is 5.99. The first-order valence-electron chi connectivity index (χ1n) is 11.6. The van der Waals surface area contributed by atoms with Gasteiger partial charge in [-0.05, 0) is 54.2 Å². The van der Waals surface area contributed by atoms with E-state index < -0.39 is 51.7 Å². The van der Waals surface area contributed by atoms with E-state index in [1.54, 1.807) is 0 Å². The first-order chi connectivity index (χ1) is 16.5. The average Bonchev–Trinajstić information content (AvgIpc) is 2.74. The van der Waals surface area contributed by atoms with Crippen LogP contribution in [0.25, 0.3) is 0 Å². The van der Waals surface area contributed by atoms with Gasteiger partial charge in [-0.25, -0.2) is 17.2 Å². The number of benzene rings is 2. The molecule has 7 nitrogen and oxygen atoms in total. The van der Waals surface area contributed by atoms with Gasteiger partial charge in [-0.15, -0.1) is 0 Å². The van der Waals surface area contributed by atoms with Gasteiger partial charge >= 0.3 is 0 Å². The summed E-state index contributed by atoms with van der Waals surface area (Å²) in [6, 6.07) is 7.16. The van der Waals surface area contributed by atoms with Crippen molar-refractivity contribution in [1.29, 1.82) is 0 Å². The van der Waals surface area contributed by atoms with E-state index >= 15 is 0 Å². The number of nitrogens with one attached hydrogen (secondary N) is 2. The van der Waals surface area contributed by atoms with Gasteiger partial charge in [-0.3, -0.25) is 4.79 Å². The van der Waals surface area contributed by atoms with Crippen LogP contribution in [0.2, 0.25) is 0 Å². The van der Waals surface area contributed by atoms with Crippen molar-refractivity contribution in [1.82, 2.24) is 10.6 Å². The van der Waals surface area contributed by atoms with Gasteiger partial charge in [0.25, 0.3) is 0 Å². The largest absolute Gasteiger partial charge is 0.393 e. The van der Waals surface area contributed by atoms with E-state index in [1.165, 1.54) is 6.92 Å². The Kier molecular flexibility index (Phi) is 8.98. The molecule has 0 bridgehead atoms. The zero-order valence-corrected chi connectivity index (χ0v) is 20.6. The molecule has 10 heteroatoms. The van der Waals surface area contributed by atoms with Crippen LogP contribution in [0.4, 0.5) is 8.78 Å². The lowest BCUT2D eigenvalue weighted by Gasteiger charge is -2.30. The molecule has 0 aromatic heterocycles. The van der Waals surface area contributed by atoms with E-state index in [-0.39, 0.29) is 36.5 Å². The van der Waals surface area contributed by atoms with Gasteiger partial charge in [0.15, 0.2) is 9.84 Å². The van der Waals surface area contributed by atoms with Crippen molar-refractivity contribution in [2.75, 3.05) is 12.3 Å². The highest BCUT2D eigenvalue weighted by atomic mass is 32.2. The van der Waals surface area contributed by atoms with Crippen molar-refractivity contribution >= 4 is 15.7 Å². The van der Waals surface area contributed by atoms with Crippen molar-refractivity contribution in [3.63, 3.8) is 0 Å². The minimum Gasteiger partial charge on any atom is -0.393 e. The second-order valence-corrected chi connectivity index (χ2v) is 11.3. The lowest BCUT2D eigenvalue weighted by atomic mass is 9.97. The molecule has 0 fully saturated rings. The summed E-state index contributed by atoms with van der Waals surface area (Å²) in [4.78, 5) is 12.3. The predicted molar refractivity (Wildman–Crippen MR) is 128 cm³/mol. The number of aryl methyl sites for hydroxylation is 1. The number of aliphatic hydroxyl groups excluding tert-OH is 2. The fourth-order valence-electron chi connectivity index (χ4n) is 4.33. The Labute approximate surface area is 204 Å². The number of rotatable bonds is 10. The molecule has 1 amide bonds. The number of carbonyl (C=O) groups excluding carboxylic acids is 1. The Morgan fingerprint density at radius 1 is 1.11 bits per heavy atom. The third-order valence-corrected chi connectivity index (χ3v) is 7.62. The highest BCUT2D eigenvalue weighted by Gasteiger charge is 2.31. The second kappa shape index (κ2) is 11.6. The van der Waals surface area contributed by atoms with E-state index in [1.807, 2.05) is 25.1 Å². The first-order valence-corrected chi connectivity index (χ1v) is 13.4. The van der Waals surface area contributed by atoms with Crippen LogP contribution in [0.1, 0.15) is 48.6 Å². The Balaban J connectivity index is 1.78. The van der Waals surface area contributed by atoms with Crippen LogP contribution in [0, 0.1) is 11.6 Å². The maximum atomic E-state index is 13.7. The highest BCUT2D eigenvalue weighted by Crippen LogP contribution is 2.29. The van der Waals surface area contributed by atoms with Gasteiger partial charge in [0.2, 0.25) is 5.91 Å². The number of fused-ring (bicyclic) bond motifs is 1. The number of halogens is 2. The van der Waals surface area contributed by atoms with Gasteiger partial charge in [-0.2, -0.15) is 0 Å². The molecule has 4 N–H and O–H groups in total. The number of amides is 1. The Morgan fingerprint density at radius 3 is 2.43 bits per heavy atom. The molecule has 0 spiro atoms. The van der Waals surface area contributed by atoms with Crippen LogP contribution in [0.15, 0.2) is 36.4 Å². The van der Waals surface area contributed by atoms with Gasteiger partial charge in [-0.1, -0.05) is 25.1 Å². The summed E-state index contributed by atoms with van der Waals surface area (Å²) in [5, 5.41) is 26.2. The Bertz CT molecular complexity index is 1140. The highest BCUT2D eigenvalue weighted by molar-refractivity contribution is 7.90. The maximum absolute atomic E-state index is 13.7. The molecular weight excluding hydrogens is 478 g/mol. The van der Waals surface area contributed by atoms with Gasteiger partial charge in [0.05, 0.1) is 36.2 Å². The van der Waals surface area contributed by atoms with Crippen molar-refractivity contribution in [3.8, 4) is 0 Å². The van der Waals surface area contributed by atoms with Crippen molar-refractivity contribution in [2.24, 2.45) is 0 Å². The normalized spacial score (nSPS) is 19.4. The van der Waals surface area contributed by atoms with Gasteiger partial charge in [0.1, 0.15) is 11.6 Å². The molecule has 0 saturated carbocycles. The lowest BCUT2D eigenvalue weighted by molar-refractivity contribution is -0.124. The molecule has 0 radical (unpaired) electrons. The summed E-state index contributed by atoms with van der Waals surface area (Å²) in [5.74, 6) is -2.27. The third kappa shape index (κ3) is 7.79. The molecule has 192 valence electrons. The van der Waals surface area contributed by atoms with Crippen LogP contribution in [0.5, 0.6) is 0 Å². The number of hydrogen-bond acceptors (Lipinski definition) is 6. The molecule has 35 heavy (non-hydrogen) atoms. The van der Waals surface area contributed by atoms with Crippen LogP contribution >= 0.6 is 0 Å². The van der Waals surface area contributed by atoms with Crippen molar-refractivity contribution in [3.05, 3.63) is 70.3 Å². The quantitative estimate of drug-likeness (QED) is 0.388. The second-order valence-electron chi connectivity index (χ2n) is 9.18. The molecule has 1 aliphatic rings. The summed E-state index contributed by atoms with van der Waals surface area (Å²) < 4.78 is 52.3. The Hall–Kier alpha value is -2.40. The summed E-state index contributed by atoms with van der Waals surface area (Å²) in [7, 11) is -3.35. The summed E-state index contributed by atoms with van der Waals surface area (Å²) >= 11 is 0. The fraction of sp³-hybridized carbons (Fsp3) is 0.480. The van der Waals surface area contributed by atoms with Crippen LogP contribution in [0.3, 0.4) is 0 Å². The zero-order chi connectivity index (χ0) is 25.8. The van der Waals surface area contributed by atoms with E-state index in [0.717, 1.165) is 35.7 Å². The smallest absolute Gasteiger partial charge is 0.222 e. The molecule has 1 heterocycles. The molecular formula is C25H32F2N2O5S. The molecule has 1 aliphatic heterocycles.